The molecule has 5 nitrogen and oxygen atoms in total. The first-order valence-electron chi connectivity index (χ1n) is 5.74. The maximum atomic E-state index is 10.6. The van der Waals surface area contributed by atoms with E-state index in [4.69, 9.17) is 16.0 Å². The quantitative estimate of drug-likeness (QED) is 0.669. The number of nitro groups is 1. The molecular weight excluding hydrogens is 268 g/mol. The smallest absolute Gasteiger partial charge is 0.271 e. The molecule has 1 N–H and O–H groups in total. The van der Waals surface area contributed by atoms with Crippen LogP contribution in [0, 0.1) is 17.0 Å². The Bertz CT molecular complexity index is 610. The number of benzene rings is 1. The molecule has 0 bridgehead atoms. The fourth-order valence-electron chi connectivity index (χ4n) is 1.73. The second kappa shape index (κ2) is 5.32. The molecule has 2 rings (SSSR count). The van der Waals surface area contributed by atoms with Gasteiger partial charge in [0, 0.05) is 12.1 Å². The second-order valence-electron chi connectivity index (χ2n) is 4.24. The molecule has 0 aliphatic rings. The molecule has 0 fully saturated rings. The van der Waals surface area contributed by atoms with Crippen LogP contribution in [0.3, 0.4) is 0 Å². The topological polar surface area (TPSA) is 68.3 Å². The van der Waals surface area contributed by atoms with Gasteiger partial charge in [-0.3, -0.25) is 10.1 Å². The zero-order valence-corrected chi connectivity index (χ0v) is 11.3. The Morgan fingerprint density at radius 2 is 2.11 bits per heavy atom. The van der Waals surface area contributed by atoms with Gasteiger partial charge in [0.1, 0.15) is 11.5 Å². The lowest BCUT2D eigenvalue weighted by molar-refractivity contribution is -0.384. The van der Waals surface area contributed by atoms with E-state index in [1.807, 2.05) is 26.0 Å². The van der Waals surface area contributed by atoms with Crippen LogP contribution in [0.25, 0.3) is 0 Å². The summed E-state index contributed by atoms with van der Waals surface area (Å²) in [6.07, 6.45) is 0. The molecule has 1 aromatic carbocycles. The number of hydrogen-bond donors (Lipinski definition) is 1. The highest BCUT2D eigenvalue weighted by Gasteiger charge is 2.13. The van der Waals surface area contributed by atoms with E-state index in [1.165, 1.54) is 12.1 Å². The van der Waals surface area contributed by atoms with Gasteiger partial charge in [0.25, 0.3) is 5.69 Å². The number of nitrogens with zero attached hydrogens (tertiary/aromatic N) is 1. The number of halogens is 1. The number of nitro benzene ring substituents is 1. The standard InChI is InChI=1S/C13H13ClN2O3/c1-8-3-6-13(19-8)9(2)15-12-5-4-10(16(17)18)7-11(12)14/h3-7,9,15H,1-2H3. The lowest BCUT2D eigenvalue weighted by atomic mass is 10.2. The van der Waals surface area contributed by atoms with E-state index in [1.54, 1.807) is 6.07 Å². The van der Waals surface area contributed by atoms with Gasteiger partial charge in [-0.2, -0.15) is 0 Å². The van der Waals surface area contributed by atoms with E-state index < -0.39 is 4.92 Å². The van der Waals surface area contributed by atoms with Crippen molar-refractivity contribution in [1.29, 1.82) is 0 Å². The highest BCUT2D eigenvalue weighted by Crippen LogP contribution is 2.30. The summed E-state index contributed by atoms with van der Waals surface area (Å²) in [7, 11) is 0. The SMILES string of the molecule is Cc1ccc(C(C)Nc2ccc([N+](=O)[O-])cc2Cl)o1. The van der Waals surface area contributed by atoms with E-state index in [2.05, 4.69) is 5.32 Å². The Morgan fingerprint density at radius 1 is 1.37 bits per heavy atom. The second-order valence-corrected chi connectivity index (χ2v) is 4.64. The molecule has 100 valence electrons. The fourth-order valence-corrected chi connectivity index (χ4v) is 1.95. The summed E-state index contributed by atoms with van der Waals surface area (Å²) in [5, 5.41) is 14.1. The van der Waals surface area contributed by atoms with E-state index >= 15 is 0 Å². The van der Waals surface area contributed by atoms with Gasteiger partial charge in [-0.05, 0) is 32.0 Å². The molecule has 19 heavy (non-hydrogen) atoms. The minimum Gasteiger partial charge on any atom is -0.464 e. The van der Waals surface area contributed by atoms with Crippen molar-refractivity contribution >= 4 is 23.0 Å². The molecule has 0 saturated heterocycles. The van der Waals surface area contributed by atoms with Gasteiger partial charge in [-0.1, -0.05) is 11.6 Å². The van der Waals surface area contributed by atoms with E-state index in [0.29, 0.717) is 10.7 Å². The Labute approximate surface area is 115 Å². The van der Waals surface area contributed by atoms with Crippen LogP contribution in [0.1, 0.15) is 24.5 Å². The molecule has 0 amide bonds. The fraction of sp³-hybridized carbons (Fsp3) is 0.231. The number of aryl methyl sites for hydroxylation is 1. The van der Waals surface area contributed by atoms with Crippen LogP contribution in [-0.4, -0.2) is 4.92 Å². The summed E-state index contributed by atoms with van der Waals surface area (Å²) in [5.41, 5.74) is 0.603. The highest BCUT2D eigenvalue weighted by atomic mass is 35.5. The third kappa shape index (κ3) is 3.06. The lowest BCUT2D eigenvalue weighted by Crippen LogP contribution is -2.06. The van der Waals surface area contributed by atoms with E-state index in [0.717, 1.165) is 11.5 Å². The van der Waals surface area contributed by atoms with Crippen molar-refractivity contribution in [2.24, 2.45) is 0 Å². The number of hydrogen-bond acceptors (Lipinski definition) is 4. The number of rotatable bonds is 4. The van der Waals surface area contributed by atoms with Crippen LogP contribution in [-0.2, 0) is 0 Å². The average Bonchev–Trinajstić information content (AvgIpc) is 2.78. The molecule has 1 unspecified atom stereocenters. The monoisotopic (exact) mass is 280 g/mol. The number of nitrogens with one attached hydrogen (secondary N) is 1. The third-order valence-electron chi connectivity index (χ3n) is 2.72. The van der Waals surface area contributed by atoms with Crippen molar-refractivity contribution in [3.05, 3.63) is 57.0 Å². The molecule has 0 aliphatic heterocycles. The minimum absolute atomic E-state index is 0.0305. The average molecular weight is 281 g/mol. The Morgan fingerprint density at radius 3 is 2.63 bits per heavy atom. The van der Waals surface area contributed by atoms with E-state index in [9.17, 15) is 10.1 Å². The first kappa shape index (κ1) is 13.4. The molecule has 0 spiro atoms. The van der Waals surface area contributed by atoms with Gasteiger partial charge in [0.15, 0.2) is 0 Å². The van der Waals surface area contributed by atoms with Crippen LogP contribution in [0.5, 0.6) is 0 Å². The van der Waals surface area contributed by atoms with Crippen LogP contribution in [0.4, 0.5) is 11.4 Å². The minimum atomic E-state index is -0.477. The van der Waals surface area contributed by atoms with Crippen LogP contribution in [0.2, 0.25) is 5.02 Å². The van der Waals surface area contributed by atoms with Crippen LogP contribution < -0.4 is 5.32 Å². The van der Waals surface area contributed by atoms with Crippen molar-refractivity contribution in [2.75, 3.05) is 5.32 Å². The molecule has 0 saturated carbocycles. The predicted octanol–water partition coefficient (Wildman–Crippen LogP) is 4.32. The Hall–Kier alpha value is -2.01. The van der Waals surface area contributed by atoms with Gasteiger partial charge < -0.3 is 9.73 Å². The largest absolute Gasteiger partial charge is 0.464 e. The Kier molecular flexibility index (Phi) is 3.76. The van der Waals surface area contributed by atoms with Crippen molar-refractivity contribution in [3.8, 4) is 0 Å². The van der Waals surface area contributed by atoms with Crippen molar-refractivity contribution in [3.63, 3.8) is 0 Å². The number of non-ortho nitro benzene ring substituents is 1. The number of furan rings is 1. The molecule has 0 aliphatic carbocycles. The van der Waals surface area contributed by atoms with Crippen LogP contribution in [0.15, 0.2) is 34.7 Å². The molecule has 0 radical (unpaired) electrons. The first-order valence-corrected chi connectivity index (χ1v) is 6.12. The summed E-state index contributed by atoms with van der Waals surface area (Å²) >= 11 is 6.01. The predicted molar refractivity (Wildman–Crippen MR) is 73.6 cm³/mol. The van der Waals surface area contributed by atoms with Crippen molar-refractivity contribution in [1.82, 2.24) is 0 Å². The molecule has 6 heteroatoms. The van der Waals surface area contributed by atoms with Gasteiger partial charge in [-0.25, -0.2) is 0 Å². The Balaban J connectivity index is 2.17. The van der Waals surface area contributed by atoms with Gasteiger partial charge >= 0.3 is 0 Å². The van der Waals surface area contributed by atoms with Gasteiger partial charge in [0.05, 0.1) is 21.7 Å². The van der Waals surface area contributed by atoms with Gasteiger partial charge in [0.2, 0.25) is 0 Å². The summed E-state index contributed by atoms with van der Waals surface area (Å²) in [5.74, 6) is 1.62. The maximum absolute atomic E-state index is 10.6. The summed E-state index contributed by atoms with van der Waals surface area (Å²) < 4.78 is 5.51. The zero-order valence-electron chi connectivity index (χ0n) is 10.5. The summed E-state index contributed by atoms with van der Waals surface area (Å²) in [6.45, 7) is 3.80. The molecular formula is C13H13ClN2O3. The molecule has 1 heterocycles. The highest BCUT2D eigenvalue weighted by molar-refractivity contribution is 6.33. The lowest BCUT2D eigenvalue weighted by Gasteiger charge is -2.14. The van der Waals surface area contributed by atoms with E-state index in [-0.39, 0.29) is 11.7 Å². The third-order valence-corrected chi connectivity index (χ3v) is 3.04. The summed E-state index contributed by atoms with van der Waals surface area (Å²) in [4.78, 5) is 10.1. The molecule has 1 atom stereocenters. The van der Waals surface area contributed by atoms with Gasteiger partial charge in [-0.15, -0.1) is 0 Å². The van der Waals surface area contributed by atoms with Crippen molar-refractivity contribution < 1.29 is 9.34 Å². The number of anilines is 1. The summed E-state index contributed by atoms with van der Waals surface area (Å²) in [6, 6.07) is 8.01. The first-order chi connectivity index (χ1) is 8.97. The normalized spacial score (nSPS) is 12.2. The van der Waals surface area contributed by atoms with Crippen LogP contribution >= 0.6 is 11.6 Å². The molecule has 1 aromatic heterocycles. The zero-order chi connectivity index (χ0) is 14.0. The maximum Gasteiger partial charge on any atom is 0.271 e. The van der Waals surface area contributed by atoms with Crippen molar-refractivity contribution in [2.45, 2.75) is 19.9 Å². The molecule has 2 aromatic rings.